The molecule has 2 heterocycles. The van der Waals surface area contributed by atoms with Gasteiger partial charge in [-0.1, -0.05) is 11.6 Å². The first-order valence-electron chi connectivity index (χ1n) is 8.37. The van der Waals surface area contributed by atoms with Crippen LogP contribution in [0, 0.1) is 6.92 Å². The molecule has 0 atom stereocenters. The standard InChI is InChI=1S/C16H24N6O3/c1-3-25-14(23)7-5-4-6-8-22-11-13(19-20-22)10-21-9-12(2)15(17)18-16(21)24/h9,11H,3-8,10H2,1-2H3,(H2,17,18,24). The molecule has 136 valence electrons. The van der Waals surface area contributed by atoms with Crippen molar-refractivity contribution in [1.82, 2.24) is 24.5 Å². The maximum Gasteiger partial charge on any atom is 0.349 e. The van der Waals surface area contributed by atoms with Crippen LogP contribution in [0.4, 0.5) is 5.82 Å². The first-order chi connectivity index (χ1) is 12.0. The van der Waals surface area contributed by atoms with Crippen molar-refractivity contribution in [3.8, 4) is 0 Å². The third kappa shape index (κ3) is 5.70. The van der Waals surface area contributed by atoms with Gasteiger partial charge in [-0.25, -0.2) is 4.79 Å². The highest BCUT2D eigenvalue weighted by Crippen LogP contribution is 2.06. The van der Waals surface area contributed by atoms with Crippen molar-refractivity contribution in [2.24, 2.45) is 0 Å². The minimum atomic E-state index is -0.406. The number of aromatic nitrogens is 5. The van der Waals surface area contributed by atoms with Crippen LogP contribution in [0.5, 0.6) is 0 Å². The third-order valence-electron chi connectivity index (χ3n) is 3.71. The molecular weight excluding hydrogens is 324 g/mol. The predicted octanol–water partition coefficient (Wildman–Crippen LogP) is 0.897. The number of nitrogens with two attached hydrogens (primary N) is 1. The molecule has 2 aromatic heterocycles. The summed E-state index contributed by atoms with van der Waals surface area (Å²) in [6, 6.07) is 0. The van der Waals surface area contributed by atoms with Crippen LogP contribution in [0.3, 0.4) is 0 Å². The monoisotopic (exact) mass is 348 g/mol. The van der Waals surface area contributed by atoms with E-state index >= 15 is 0 Å². The van der Waals surface area contributed by atoms with Gasteiger partial charge in [0.1, 0.15) is 11.5 Å². The fraction of sp³-hybridized carbons (Fsp3) is 0.562. The van der Waals surface area contributed by atoms with E-state index in [-0.39, 0.29) is 11.8 Å². The number of nitrogens with zero attached hydrogens (tertiary/aromatic N) is 5. The van der Waals surface area contributed by atoms with Crippen LogP contribution in [0.2, 0.25) is 0 Å². The third-order valence-corrected chi connectivity index (χ3v) is 3.71. The molecular formula is C16H24N6O3. The molecule has 2 N–H and O–H groups in total. The Bertz CT molecular complexity index is 767. The van der Waals surface area contributed by atoms with Crippen LogP contribution >= 0.6 is 0 Å². The van der Waals surface area contributed by atoms with Gasteiger partial charge in [0.2, 0.25) is 0 Å². The van der Waals surface area contributed by atoms with E-state index in [9.17, 15) is 9.59 Å². The van der Waals surface area contributed by atoms with Crippen molar-refractivity contribution >= 4 is 11.8 Å². The van der Waals surface area contributed by atoms with E-state index in [0.29, 0.717) is 31.8 Å². The first kappa shape index (κ1) is 18.6. The molecule has 0 saturated heterocycles. The molecule has 2 rings (SSSR count). The molecule has 25 heavy (non-hydrogen) atoms. The summed E-state index contributed by atoms with van der Waals surface area (Å²) in [7, 11) is 0. The van der Waals surface area contributed by atoms with Crippen LogP contribution in [0.15, 0.2) is 17.2 Å². The summed E-state index contributed by atoms with van der Waals surface area (Å²) in [5.74, 6) is 0.0936. The number of unbranched alkanes of at least 4 members (excludes halogenated alkanes) is 2. The summed E-state index contributed by atoms with van der Waals surface area (Å²) in [5, 5.41) is 8.13. The van der Waals surface area contributed by atoms with Gasteiger partial charge in [0.25, 0.3) is 0 Å². The molecule has 0 spiro atoms. The van der Waals surface area contributed by atoms with Crippen molar-refractivity contribution in [3.63, 3.8) is 0 Å². The lowest BCUT2D eigenvalue weighted by Gasteiger charge is -2.05. The minimum Gasteiger partial charge on any atom is -0.466 e. The molecule has 0 aliphatic rings. The Hall–Kier alpha value is -2.71. The topological polar surface area (TPSA) is 118 Å². The van der Waals surface area contributed by atoms with Gasteiger partial charge in [-0.3, -0.25) is 14.0 Å². The van der Waals surface area contributed by atoms with Crippen molar-refractivity contribution in [3.05, 3.63) is 34.1 Å². The zero-order valence-corrected chi connectivity index (χ0v) is 14.6. The van der Waals surface area contributed by atoms with E-state index in [1.165, 1.54) is 4.57 Å². The molecule has 9 heteroatoms. The summed E-state index contributed by atoms with van der Waals surface area (Å²) in [6.07, 6.45) is 6.52. The summed E-state index contributed by atoms with van der Waals surface area (Å²) in [5.41, 5.74) is 6.63. The van der Waals surface area contributed by atoms with E-state index in [4.69, 9.17) is 10.5 Å². The van der Waals surface area contributed by atoms with E-state index in [1.807, 2.05) is 6.20 Å². The van der Waals surface area contributed by atoms with Gasteiger partial charge in [0.05, 0.1) is 19.3 Å². The number of esters is 1. The smallest absolute Gasteiger partial charge is 0.349 e. The molecule has 0 aliphatic carbocycles. The van der Waals surface area contributed by atoms with Gasteiger partial charge >= 0.3 is 11.7 Å². The average Bonchev–Trinajstić information content (AvgIpc) is 3.00. The Labute approximate surface area is 145 Å². The van der Waals surface area contributed by atoms with Crippen LogP contribution < -0.4 is 11.4 Å². The quantitative estimate of drug-likeness (QED) is 0.528. The molecule has 2 aromatic rings. The Balaban J connectivity index is 1.80. The fourth-order valence-electron chi connectivity index (χ4n) is 2.37. The average molecular weight is 348 g/mol. The van der Waals surface area contributed by atoms with Gasteiger partial charge in [-0.15, -0.1) is 5.10 Å². The number of carbonyl (C=O) groups is 1. The van der Waals surface area contributed by atoms with Crippen LogP contribution in [-0.2, 0) is 22.6 Å². The van der Waals surface area contributed by atoms with Gasteiger partial charge < -0.3 is 10.5 Å². The lowest BCUT2D eigenvalue weighted by Crippen LogP contribution is -2.24. The molecule has 0 unspecified atom stereocenters. The van der Waals surface area contributed by atoms with E-state index < -0.39 is 5.69 Å². The SMILES string of the molecule is CCOC(=O)CCCCCn1cc(Cn2cc(C)c(N)nc2=O)nn1. The van der Waals surface area contributed by atoms with E-state index in [2.05, 4.69) is 15.3 Å². The van der Waals surface area contributed by atoms with Crippen LogP contribution in [0.25, 0.3) is 0 Å². The number of aryl methyl sites for hydroxylation is 2. The summed E-state index contributed by atoms with van der Waals surface area (Å²) in [6.45, 7) is 5.04. The number of nitrogen functional groups attached to an aromatic ring is 1. The molecule has 0 fully saturated rings. The molecule has 0 aliphatic heterocycles. The number of anilines is 1. The van der Waals surface area contributed by atoms with E-state index in [1.54, 1.807) is 24.7 Å². The highest BCUT2D eigenvalue weighted by atomic mass is 16.5. The van der Waals surface area contributed by atoms with E-state index in [0.717, 1.165) is 24.8 Å². The molecule has 0 aromatic carbocycles. The number of rotatable bonds is 9. The van der Waals surface area contributed by atoms with Gasteiger partial charge in [-0.2, -0.15) is 4.98 Å². The van der Waals surface area contributed by atoms with Crippen LogP contribution in [0.1, 0.15) is 43.9 Å². The zero-order valence-electron chi connectivity index (χ0n) is 14.6. The Kier molecular flexibility index (Phi) is 6.67. The molecule has 0 radical (unpaired) electrons. The Morgan fingerprint density at radius 1 is 1.28 bits per heavy atom. The first-order valence-corrected chi connectivity index (χ1v) is 8.37. The fourth-order valence-corrected chi connectivity index (χ4v) is 2.37. The number of hydrogen-bond acceptors (Lipinski definition) is 7. The van der Waals surface area contributed by atoms with Crippen molar-refractivity contribution in [1.29, 1.82) is 0 Å². The highest BCUT2D eigenvalue weighted by molar-refractivity contribution is 5.69. The minimum absolute atomic E-state index is 0.150. The highest BCUT2D eigenvalue weighted by Gasteiger charge is 2.07. The Morgan fingerprint density at radius 3 is 2.84 bits per heavy atom. The molecule has 0 bridgehead atoms. The van der Waals surface area contributed by atoms with Crippen molar-refractivity contribution < 1.29 is 9.53 Å². The Morgan fingerprint density at radius 2 is 2.08 bits per heavy atom. The number of ether oxygens (including phenoxy) is 1. The molecule has 0 saturated carbocycles. The number of hydrogen-bond donors (Lipinski definition) is 1. The van der Waals surface area contributed by atoms with Crippen molar-refractivity contribution in [2.45, 2.75) is 52.6 Å². The second kappa shape index (κ2) is 8.95. The van der Waals surface area contributed by atoms with Gasteiger partial charge in [-0.05, 0) is 26.7 Å². The number of carbonyl (C=O) groups excluding carboxylic acids is 1. The molecule has 0 amide bonds. The largest absolute Gasteiger partial charge is 0.466 e. The maximum atomic E-state index is 11.8. The molecule has 9 nitrogen and oxygen atoms in total. The maximum absolute atomic E-state index is 11.8. The second-order valence-electron chi connectivity index (χ2n) is 5.81. The lowest BCUT2D eigenvalue weighted by molar-refractivity contribution is -0.143. The van der Waals surface area contributed by atoms with Crippen LogP contribution in [-0.4, -0.2) is 37.1 Å². The van der Waals surface area contributed by atoms with Gasteiger partial charge in [0, 0.05) is 24.7 Å². The zero-order chi connectivity index (χ0) is 18.2. The summed E-state index contributed by atoms with van der Waals surface area (Å²) < 4.78 is 8.08. The lowest BCUT2D eigenvalue weighted by atomic mass is 10.2. The summed E-state index contributed by atoms with van der Waals surface area (Å²) in [4.78, 5) is 26.8. The van der Waals surface area contributed by atoms with Crippen molar-refractivity contribution in [2.75, 3.05) is 12.3 Å². The normalized spacial score (nSPS) is 10.8. The van der Waals surface area contributed by atoms with Gasteiger partial charge in [0.15, 0.2) is 0 Å². The second-order valence-corrected chi connectivity index (χ2v) is 5.81. The predicted molar refractivity (Wildman–Crippen MR) is 91.9 cm³/mol. The summed E-state index contributed by atoms with van der Waals surface area (Å²) >= 11 is 0.